The summed E-state index contributed by atoms with van der Waals surface area (Å²) in [6.07, 6.45) is 1.03. The van der Waals surface area contributed by atoms with Gasteiger partial charge in [0.1, 0.15) is 0 Å². The maximum Gasteiger partial charge on any atom is 0.243 e. The first-order valence-electron chi connectivity index (χ1n) is 7.80. The van der Waals surface area contributed by atoms with Crippen molar-refractivity contribution in [3.8, 4) is 0 Å². The molecular formula is C16H27N3O3S. The van der Waals surface area contributed by atoms with Gasteiger partial charge in [-0.25, -0.2) is 8.42 Å². The number of likely N-dealkylation sites (N-methyl/N-ethyl adjacent to an activating group) is 1. The predicted octanol–water partition coefficient (Wildman–Crippen LogP) is 1.04. The zero-order chi connectivity index (χ0) is 17.5. The molecule has 7 heteroatoms. The van der Waals surface area contributed by atoms with Crippen LogP contribution < -0.4 is 10.6 Å². The number of hydrogen-bond donors (Lipinski definition) is 2. The predicted molar refractivity (Wildman–Crippen MR) is 91.9 cm³/mol. The molecule has 1 aromatic rings. The van der Waals surface area contributed by atoms with E-state index in [1.807, 2.05) is 13.8 Å². The summed E-state index contributed by atoms with van der Waals surface area (Å²) >= 11 is 0. The summed E-state index contributed by atoms with van der Waals surface area (Å²) in [7, 11) is -2.24. The SMILES string of the molecule is CCCNCCNC(=O)CN(C)S(=O)(=O)c1ccc(C)c(C)c1. The third kappa shape index (κ3) is 5.93. The Labute approximate surface area is 139 Å². The highest BCUT2D eigenvalue weighted by Gasteiger charge is 2.23. The van der Waals surface area contributed by atoms with Crippen molar-refractivity contribution < 1.29 is 13.2 Å². The maximum absolute atomic E-state index is 12.5. The van der Waals surface area contributed by atoms with Crippen LogP contribution >= 0.6 is 0 Å². The first-order chi connectivity index (χ1) is 10.8. The normalized spacial score (nSPS) is 11.7. The molecule has 0 spiro atoms. The van der Waals surface area contributed by atoms with E-state index in [-0.39, 0.29) is 17.3 Å². The van der Waals surface area contributed by atoms with Crippen LogP contribution in [0.5, 0.6) is 0 Å². The number of nitrogens with one attached hydrogen (secondary N) is 2. The van der Waals surface area contributed by atoms with E-state index in [0.29, 0.717) is 13.1 Å². The van der Waals surface area contributed by atoms with E-state index < -0.39 is 10.0 Å². The minimum Gasteiger partial charge on any atom is -0.354 e. The van der Waals surface area contributed by atoms with Crippen molar-refractivity contribution >= 4 is 15.9 Å². The van der Waals surface area contributed by atoms with E-state index in [1.165, 1.54) is 7.05 Å². The molecule has 23 heavy (non-hydrogen) atoms. The van der Waals surface area contributed by atoms with Gasteiger partial charge in [0.15, 0.2) is 0 Å². The molecule has 1 amide bonds. The lowest BCUT2D eigenvalue weighted by Gasteiger charge is -2.17. The van der Waals surface area contributed by atoms with Crippen LogP contribution in [-0.2, 0) is 14.8 Å². The highest BCUT2D eigenvalue weighted by Crippen LogP contribution is 2.17. The summed E-state index contributed by atoms with van der Waals surface area (Å²) in [6, 6.07) is 4.98. The van der Waals surface area contributed by atoms with E-state index in [1.54, 1.807) is 18.2 Å². The Morgan fingerprint density at radius 1 is 1.13 bits per heavy atom. The minimum atomic E-state index is -3.66. The van der Waals surface area contributed by atoms with Crippen molar-refractivity contribution in [3.05, 3.63) is 29.3 Å². The van der Waals surface area contributed by atoms with Crippen LogP contribution in [0.1, 0.15) is 24.5 Å². The molecule has 6 nitrogen and oxygen atoms in total. The second-order valence-corrected chi connectivity index (χ2v) is 7.65. The molecule has 0 aromatic heterocycles. The first-order valence-corrected chi connectivity index (χ1v) is 9.24. The summed E-state index contributed by atoms with van der Waals surface area (Å²) in [5, 5.41) is 5.87. The quantitative estimate of drug-likeness (QED) is 0.658. The Kier molecular flexibility index (Phi) is 7.67. The Hall–Kier alpha value is -1.44. The van der Waals surface area contributed by atoms with E-state index >= 15 is 0 Å². The molecule has 0 atom stereocenters. The standard InChI is InChI=1S/C16H27N3O3S/c1-5-8-17-9-10-18-16(20)12-19(4)23(21,22)15-7-6-13(2)14(3)11-15/h6-7,11,17H,5,8-10,12H2,1-4H3,(H,18,20). The number of aryl methyl sites for hydroxylation is 2. The highest BCUT2D eigenvalue weighted by atomic mass is 32.2. The summed E-state index contributed by atoms with van der Waals surface area (Å²) in [4.78, 5) is 12.0. The fourth-order valence-corrected chi connectivity index (χ4v) is 3.20. The van der Waals surface area contributed by atoms with Crippen LogP contribution in [0.4, 0.5) is 0 Å². The number of benzene rings is 1. The lowest BCUT2D eigenvalue weighted by Crippen LogP contribution is -2.40. The molecule has 0 heterocycles. The topological polar surface area (TPSA) is 78.5 Å². The fourth-order valence-electron chi connectivity index (χ4n) is 1.99. The third-order valence-corrected chi connectivity index (χ3v) is 5.40. The van der Waals surface area contributed by atoms with E-state index in [2.05, 4.69) is 17.6 Å². The summed E-state index contributed by atoms with van der Waals surface area (Å²) in [6.45, 7) is 7.72. The molecule has 0 fully saturated rings. The van der Waals surface area contributed by atoms with Crippen molar-refractivity contribution in [2.75, 3.05) is 33.2 Å². The zero-order valence-corrected chi connectivity index (χ0v) is 15.2. The Morgan fingerprint density at radius 2 is 1.83 bits per heavy atom. The van der Waals surface area contributed by atoms with Crippen molar-refractivity contribution in [1.82, 2.24) is 14.9 Å². The molecular weight excluding hydrogens is 314 g/mol. The molecule has 2 N–H and O–H groups in total. The van der Waals surface area contributed by atoms with Crippen LogP contribution in [0, 0.1) is 13.8 Å². The number of nitrogens with zero attached hydrogens (tertiary/aromatic N) is 1. The van der Waals surface area contributed by atoms with Crippen molar-refractivity contribution in [1.29, 1.82) is 0 Å². The van der Waals surface area contributed by atoms with Crippen LogP contribution in [0.15, 0.2) is 23.1 Å². The summed E-state index contributed by atoms with van der Waals surface area (Å²) < 4.78 is 26.0. The van der Waals surface area contributed by atoms with Crippen LogP contribution in [0.25, 0.3) is 0 Å². The minimum absolute atomic E-state index is 0.191. The number of carbonyl (C=O) groups is 1. The van der Waals surface area contributed by atoms with Crippen LogP contribution in [-0.4, -0.2) is 51.9 Å². The maximum atomic E-state index is 12.5. The number of hydrogen-bond acceptors (Lipinski definition) is 4. The molecule has 130 valence electrons. The highest BCUT2D eigenvalue weighted by molar-refractivity contribution is 7.89. The summed E-state index contributed by atoms with van der Waals surface area (Å²) in [5.41, 5.74) is 1.94. The average Bonchev–Trinajstić information content (AvgIpc) is 2.49. The van der Waals surface area contributed by atoms with Gasteiger partial charge in [0.25, 0.3) is 0 Å². The molecule has 0 aliphatic carbocycles. The number of sulfonamides is 1. The van der Waals surface area contributed by atoms with Crippen molar-refractivity contribution in [3.63, 3.8) is 0 Å². The first kappa shape index (κ1) is 19.6. The number of carbonyl (C=O) groups excluding carboxylic acids is 1. The van der Waals surface area contributed by atoms with Gasteiger partial charge in [-0.3, -0.25) is 4.79 Å². The molecule has 1 aromatic carbocycles. The second kappa shape index (κ2) is 9.00. The van der Waals surface area contributed by atoms with Crippen LogP contribution in [0.3, 0.4) is 0 Å². The Balaban J connectivity index is 2.59. The fraction of sp³-hybridized carbons (Fsp3) is 0.562. The molecule has 0 aliphatic heterocycles. The lowest BCUT2D eigenvalue weighted by atomic mass is 10.1. The van der Waals surface area contributed by atoms with E-state index in [0.717, 1.165) is 28.4 Å². The molecule has 0 radical (unpaired) electrons. The third-order valence-electron chi connectivity index (χ3n) is 3.60. The van der Waals surface area contributed by atoms with Gasteiger partial charge in [0.2, 0.25) is 15.9 Å². The molecule has 1 rings (SSSR count). The molecule has 0 saturated heterocycles. The van der Waals surface area contributed by atoms with Gasteiger partial charge in [-0.15, -0.1) is 0 Å². The van der Waals surface area contributed by atoms with Gasteiger partial charge in [-0.1, -0.05) is 13.0 Å². The van der Waals surface area contributed by atoms with Gasteiger partial charge < -0.3 is 10.6 Å². The average molecular weight is 341 g/mol. The van der Waals surface area contributed by atoms with Crippen molar-refractivity contribution in [2.45, 2.75) is 32.1 Å². The molecule has 0 bridgehead atoms. The lowest BCUT2D eigenvalue weighted by molar-refractivity contribution is -0.121. The molecule has 0 saturated carbocycles. The molecule has 0 aliphatic rings. The Morgan fingerprint density at radius 3 is 2.43 bits per heavy atom. The van der Waals surface area contributed by atoms with E-state index in [4.69, 9.17) is 0 Å². The zero-order valence-electron chi connectivity index (χ0n) is 14.3. The van der Waals surface area contributed by atoms with Gasteiger partial charge >= 0.3 is 0 Å². The Bertz CT molecular complexity index is 629. The largest absolute Gasteiger partial charge is 0.354 e. The van der Waals surface area contributed by atoms with E-state index in [9.17, 15) is 13.2 Å². The second-order valence-electron chi connectivity index (χ2n) is 5.61. The van der Waals surface area contributed by atoms with Crippen molar-refractivity contribution in [2.24, 2.45) is 0 Å². The summed E-state index contributed by atoms with van der Waals surface area (Å²) in [5.74, 6) is -0.307. The monoisotopic (exact) mass is 341 g/mol. The van der Waals surface area contributed by atoms with Crippen LogP contribution in [0.2, 0.25) is 0 Å². The number of rotatable bonds is 9. The van der Waals surface area contributed by atoms with Gasteiger partial charge in [-0.2, -0.15) is 4.31 Å². The number of amides is 1. The van der Waals surface area contributed by atoms with Gasteiger partial charge in [-0.05, 0) is 50.1 Å². The van der Waals surface area contributed by atoms with Gasteiger partial charge in [0.05, 0.1) is 11.4 Å². The smallest absolute Gasteiger partial charge is 0.243 e. The van der Waals surface area contributed by atoms with Gasteiger partial charge in [0, 0.05) is 20.1 Å². The molecule has 0 unspecified atom stereocenters.